The first-order valence-corrected chi connectivity index (χ1v) is 14.1. The maximum atomic E-state index is 13.3. The normalized spacial score (nSPS) is 20.8. The molecule has 0 spiro atoms. The largest absolute Gasteiger partial charge is 0.340 e. The predicted octanol–water partition coefficient (Wildman–Crippen LogP) is 3.37. The van der Waals surface area contributed by atoms with Crippen molar-refractivity contribution in [3.63, 3.8) is 0 Å². The molecule has 1 heterocycles. The van der Waals surface area contributed by atoms with Crippen LogP contribution in [0.4, 0.5) is 0 Å². The van der Waals surface area contributed by atoms with Crippen molar-refractivity contribution in [1.29, 1.82) is 0 Å². The molecular formula is C27H33N3O4S. The number of hydrogen-bond donors (Lipinski definition) is 0. The Labute approximate surface area is 207 Å². The number of nitrogens with zero attached hydrogens (tertiary/aromatic N) is 3. The summed E-state index contributed by atoms with van der Waals surface area (Å²) in [5.74, 6) is -0.0113. The van der Waals surface area contributed by atoms with Gasteiger partial charge in [0.05, 0.1) is 10.9 Å². The Hall–Kier alpha value is -2.71. The van der Waals surface area contributed by atoms with Gasteiger partial charge in [0.1, 0.15) is 0 Å². The topological polar surface area (TPSA) is 78.0 Å². The summed E-state index contributed by atoms with van der Waals surface area (Å²) in [5.41, 5.74) is 2.60. The van der Waals surface area contributed by atoms with Crippen molar-refractivity contribution in [3.05, 3.63) is 65.7 Å². The van der Waals surface area contributed by atoms with Gasteiger partial charge in [-0.15, -0.1) is 0 Å². The van der Waals surface area contributed by atoms with Crippen LogP contribution >= 0.6 is 0 Å². The summed E-state index contributed by atoms with van der Waals surface area (Å²) in [7, 11) is -3.55. The quantitative estimate of drug-likeness (QED) is 0.590. The maximum absolute atomic E-state index is 13.3. The van der Waals surface area contributed by atoms with Gasteiger partial charge < -0.3 is 9.80 Å². The van der Waals surface area contributed by atoms with Gasteiger partial charge in [-0.2, -0.15) is 4.31 Å². The third-order valence-corrected chi connectivity index (χ3v) is 9.34. The van der Waals surface area contributed by atoms with Gasteiger partial charge in [-0.3, -0.25) is 9.59 Å². The predicted molar refractivity (Wildman–Crippen MR) is 133 cm³/mol. The van der Waals surface area contributed by atoms with Crippen LogP contribution in [0.15, 0.2) is 59.5 Å². The summed E-state index contributed by atoms with van der Waals surface area (Å²) < 4.78 is 27.1. The molecule has 2 aromatic rings. The van der Waals surface area contributed by atoms with Gasteiger partial charge in [0.15, 0.2) is 0 Å². The van der Waals surface area contributed by atoms with E-state index in [1.165, 1.54) is 15.4 Å². The van der Waals surface area contributed by atoms with Crippen LogP contribution in [0.25, 0.3) is 0 Å². The molecule has 1 unspecified atom stereocenters. The highest BCUT2D eigenvalue weighted by atomic mass is 32.2. The van der Waals surface area contributed by atoms with E-state index in [9.17, 15) is 18.0 Å². The molecule has 2 aromatic carbocycles. The third-order valence-electron chi connectivity index (χ3n) is 7.43. The zero-order valence-electron chi connectivity index (χ0n) is 20.0. The van der Waals surface area contributed by atoms with Crippen molar-refractivity contribution >= 4 is 21.8 Å². The summed E-state index contributed by atoms with van der Waals surface area (Å²) in [4.78, 5) is 30.3. The number of aryl methyl sites for hydroxylation is 1. The second-order valence-electron chi connectivity index (χ2n) is 9.74. The number of rotatable bonds is 7. The van der Waals surface area contributed by atoms with Crippen LogP contribution < -0.4 is 0 Å². The molecule has 1 atom stereocenters. The first-order valence-electron chi connectivity index (χ1n) is 12.7. The molecule has 2 amide bonds. The van der Waals surface area contributed by atoms with E-state index >= 15 is 0 Å². The molecule has 0 aromatic heterocycles. The zero-order valence-corrected chi connectivity index (χ0v) is 20.8. The molecule has 5 rings (SSSR count). The van der Waals surface area contributed by atoms with Crippen LogP contribution in [0.1, 0.15) is 55.7 Å². The molecule has 186 valence electrons. The van der Waals surface area contributed by atoms with Gasteiger partial charge in [-0.25, -0.2) is 8.42 Å². The van der Waals surface area contributed by atoms with E-state index in [4.69, 9.17) is 0 Å². The number of sulfonamides is 1. The lowest BCUT2D eigenvalue weighted by molar-refractivity contribution is -0.139. The molecule has 8 heteroatoms. The smallest absolute Gasteiger partial charge is 0.243 e. The Bertz CT molecular complexity index is 1170. The molecule has 0 radical (unpaired) electrons. The molecule has 0 bridgehead atoms. The summed E-state index contributed by atoms with van der Waals surface area (Å²) in [6, 6.07) is 17.2. The summed E-state index contributed by atoms with van der Waals surface area (Å²) >= 11 is 0. The lowest BCUT2D eigenvalue weighted by atomic mass is 9.86. The Morgan fingerprint density at radius 1 is 0.857 bits per heavy atom. The number of hydrogen-bond acceptors (Lipinski definition) is 4. The van der Waals surface area contributed by atoms with Gasteiger partial charge in [0.25, 0.3) is 0 Å². The van der Waals surface area contributed by atoms with E-state index in [1.54, 1.807) is 35.2 Å². The summed E-state index contributed by atoms with van der Waals surface area (Å²) in [6.45, 7) is 1.23. The number of fused-ring (bicyclic) bond motifs is 1. The average Bonchev–Trinajstić information content (AvgIpc) is 3.73. The van der Waals surface area contributed by atoms with Crippen molar-refractivity contribution in [2.75, 3.05) is 26.2 Å². The zero-order chi connectivity index (χ0) is 24.4. The lowest BCUT2D eigenvalue weighted by Gasteiger charge is -2.37. The molecule has 1 saturated heterocycles. The van der Waals surface area contributed by atoms with Crippen LogP contribution in [0, 0.1) is 0 Å². The van der Waals surface area contributed by atoms with Crippen molar-refractivity contribution in [1.82, 2.24) is 14.1 Å². The Balaban J connectivity index is 1.17. The summed E-state index contributed by atoms with van der Waals surface area (Å²) in [6.07, 6.45) is 5.56. The Morgan fingerprint density at radius 2 is 1.54 bits per heavy atom. The fraction of sp³-hybridized carbons (Fsp3) is 0.481. The second-order valence-corrected chi connectivity index (χ2v) is 11.7. The minimum absolute atomic E-state index is 0.0628. The van der Waals surface area contributed by atoms with Crippen LogP contribution in [0.5, 0.6) is 0 Å². The number of amides is 2. The van der Waals surface area contributed by atoms with Crippen LogP contribution in [-0.2, 0) is 26.0 Å². The van der Waals surface area contributed by atoms with E-state index in [0.29, 0.717) is 19.1 Å². The van der Waals surface area contributed by atoms with E-state index < -0.39 is 10.0 Å². The van der Waals surface area contributed by atoms with Crippen LogP contribution in [-0.4, -0.2) is 66.6 Å². The molecule has 35 heavy (non-hydrogen) atoms. The molecule has 0 N–H and O–H groups in total. The summed E-state index contributed by atoms with van der Waals surface area (Å²) in [5, 5.41) is 0. The molecule has 1 saturated carbocycles. The number of carbonyl (C=O) groups is 2. The standard InChI is InChI=1S/C27H33N3O4S/c31-26(28-17-19-29(20-18-28)35(33,34)23-9-2-1-3-10-23)15-16-27(32)30(22-13-14-22)25-12-6-8-21-7-4-5-11-24(21)25/h1-5,7,9-11,22,25H,6,8,12-20H2. The van der Waals surface area contributed by atoms with Gasteiger partial charge in [-0.1, -0.05) is 42.5 Å². The maximum Gasteiger partial charge on any atom is 0.243 e. The van der Waals surface area contributed by atoms with E-state index in [-0.39, 0.29) is 48.7 Å². The minimum Gasteiger partial charge on any atom is -0.340 e. The molecule has 3 aliphatic rings. The van der Waals surface area contributed by atoms with Crippen molar-refractivity contribution in [2.45, 2.75) is 61.9 Å². The Kier molecular flexibility index (Phi) is 6.93. The number of benzene rings is 2. The lowest BCUT2D eigenvalue weighted by Crippen LogP contribution is -2.50. The van der Waals surface area contributed by atoms with Gasteiger partial charge in [0.2, 0.25) is 21.8 Å². The van der Waals surface area contributed by atoms with Crippen molar-refractivity contribution in [3.8, 4) is 0 Å². The first kappa shape index (κ1) is 24.0. The average molecular weight is 496 g/mol. The van der Waals surface area contributed by atoms with Crippen molar-refractivity contribution < 1.29 is 18.0 Å². The SMILES string of the molecule is O=C(CCC(=O)N(C1CC1)C1CCCc2ccccc21)N1CCN(S(=O)(=O)c2ccccc2)CC1. The number of piperazine rings is 1. The van der Waals surface area contributed by atoms with Crippen LogP contribution in [0.3, 0.4) is 0 Å². The van der Waals surface area contributed by atoms with E-state index in [2.05, 4.69) is 23.1 Å². The molecule has 2 fully saturated rings. The van der Waals surface area contributed by atoms with E-state index in [0.717, 1.165) is 32.1 Å². The number of carbonyl (C=O) groups excluding carboxylic acids is 2. The Morgan fingerprint density at radius 3 is 2.26 bits per heavy atom. The third kappa shape index (κ3) is 5.14. The van der Waals surface area contributed by atoms with Crippen molar-refractivity contribution in [2.24, 2.45) is 0 Å². The van der Waals surface area contributed by atoms with Gasteiger partial charge in [-0.05, 0) is 55.4 Å². The highest BCUT2D eigenvalue weighted by Crippen LogP contribution is 2.41. The molecule has 1 aliphatic heterocycles. The van der Waals surface area contributed by atoms with Crippen LogP contribution in [0.2, 0.25) is 0 Å². The first-order chi connectivity index (χ1) is 16.9. The molecular weight excluding hydrogens is 462 g/mol. The monoisotopic (exact) mass is 495 g/mol. The highest BCUT2D eigenvalue weighted by molar-refractivity contribution is 7.89. The van der Waals surface area contributed by atoms with Gasteiger partial charge >= 0.3 is 0 Å². The molecule has 2 aliphatic carbocycles. The molecule has 7 nitrogen and oxygen atoms in total. The second kappa shape index (κ2) is 10.1. The minimum atomic E-state index is -3.55. The van der Waals surface area contributed by atoms with Gasteiger partial charge in [0, 0.05) is 45.1 Å². The fourth-order valence-corrected chi connectivity index (χ4v) is 6.87. The van der Waals surface area contributed by atoms with E-state index in [1.807, 2.05) is 6.07 Å². The highest BCUT2D eigenvalue weighted by Gasteiger charge is 2.39. The fourth-order valence-electron chi connectivity index (χ4n) is 5.42.